The Balaban J connectivity index is 2.02. The van der Waals surface area contributed by atoms with E-state index in [9.17, 15) is 4.79 Å². The van der Waals surface area contributed by atoms with Gasteiger partial charge in [-0.2, -0.15) is 0 Å². The number of carbonyl (C=O) groups excluding carboxylic acids is 1. The third-order valence-corrected chi connectivity index (χ3v) is 4.04. The van der Waals surface area contributed by atoms with E-state index < -0.39 is 0 Å². The van der Waals surface area contributed by atoms with Crippen LogP contribution in [0.3, 0.4) is 0 Å². The molecule has 116 valence electrons. The van der Waals surface area contributed by atoms with Crippen molar-refractivity contribution >= 4 is 11.6 Å². The van der Waals surface area contributed by atoms with Gasteiger partial charge in [0.05, 0.1) is 26.0 Å². The summed E-state index contributed by atoms with van der Waals surface area (Å²) in [7, 11) is 4.91. The molecule has 21 heavy (non-hydrogen) atoms. The lowest BCUT2D eigenvalue weighted by Crippen LogP contribution is -2.29. The normalized spacial score (nSPS) is 21.7. The molecule has 1 N–H and O–H groups in total. The maximum Gasteiger partial charge on any atom is 0.227 e. The van der Waals surface area contributed by atoms with Crippen LogP contribution in [0, 0.1) is 5.92 Å². The highest BCUT2D eigenvalue weighted by molar-refractivity contribution is 5.94. The van der Waals surface area contributed by atoms with Gasteiger partial charge in [0, 0.05) is 19.1 Å². The molecule has 1 saturated carbocycles. The van der Waals surface area contributed by atoms with Gasteiger partial charge in [-0.3, -0.25) is 4.79 Å². The summed E-state index contributed by atoms with van der Waals surface area (Å²) in [6, 6.07) is 5.37. The van der Waals surface area contributed by atoms with Gasteiger partial charge >= 0.3 is 0 Å². The Labute approximate surface area is 125 Å². The molecule has 0 radical (unpaired) electrons. The summed E-state index contributed by atoms with van der Waals surface area (Å²) in [5.74, 6) is 1.40. The number of ether oxygens (including phenoxy) is 3. The first-order valence-electron chi connectivity index (χ1n) is 7.23. The first-order valence-corrected chi connectivity index (χ1v) is 7.23. The van der Waals surface area contributed by atoms with Crippen LogP contribution >= 0.6 is 0 Å². The number of methoxy groups -OCH3 is 3. The Morgan fingerprint density at radius 1 is 1.10 bits per heavy atom. The van der Waals surface area contributed by atoms with Crippen LogP contribution in [0.5, 0.6) is 11.5 Å². The number of anilines is 1. The van der Waals surface area contributed by atoms with Crippen molar-refractivity contribution in [3.8, 4) is 11.5 Å². The molecular weight excluding hydrogens is 270 g/mol. The first-order chi connectivity index (χ1) is 10.2. The molecular formula is C16H23NO4. The van der Waals surface area contributed by atoms with E-state index >= 15 is 0 Å². The molecule has 1 aliphatic rings. The minimum absolute atomic E-state index is 0.0345. The van der Waals surface area contributed by atoms with E-state index in [1.807, 2.05) is 0 Å². The fourth-order valence-electron chi connectivity index (χ4n) is 2.71. The van der Waals surface area contributed by atoms with E-state index in [-0.39, 0.29) is 11.8 Å². The summed E-state index contributed by atoms with van der Waals surface area (Å²) in [4.78, 5) is 12.4. The number of hydrogen-bond acceptors (Lipinski definition) is 4. The summed E-state index contributed by atoms with van der Waals surface area (Å²) >= 11 is 0. The second-order valence-electron chi connectivity index (χ2n) is 5.26. The summed E-state index contributed by atoms with van der Waals surface area (Å²) in [6.45, 7) is 0. The van der Waals surface area contributed by atoms with E-state index in [4.69, 9.17) is 14.2 Å². The van der Waals surface area contributed by atoms with Gasteiger partial charge in [-0.15, -0.1) is 0 Å². The largest absolute Gasteiger partial charge is 0.497 e. The Bertz CT molecular complexity index is 481. The quantitative estimate of drug-likeness (QED) is 0.907. The zero-order chi connectivity index (χ0) is 15.2. The molecule has 0 unspecified atom stereocenters. The second-order valence-corrected chi connectivity index (χ2v) is 5.26. The predicted octanol–water partition coefficient (Wildman–Crippen LogP) is 2.85. The molecule has 0 atom stereocenters. The van der Waals surface area contributed by atoms with Crippen LogP contribution in [0.4, 0.5) is 5.69 Å². The van der Waals surface area contributed by atoms with Crippen molar-refractivity contribution in [1.82, 2.24) is 0 Å². The van der Waals surface area contributed by atoms with Crippen LogP contribution in [0.15, 0.2) is 18.2 Å². The van der Waals surface area contributed by atoms with Gasteiger partial charge < -0.3 is 19.5 Å². The Morgan fingerprint density at radius 3 is 2.38 bits per heavy atom. The SMILES string of the molecule is COc1ccc(OC)c(NC(=O)C2CCC(OC)CC2)c1. The van der Waals surface area contributed by atoms with Gasteiger partial charge in [-0.1, -0.05) is 0 Å². The number of benzene rings is 1. The Morgan fingerprint density at radius 2 is 1.81 bits per heavy atom. The smallest absolute Gasteiger partial charge is 0.227 e. The van der Waals surface area contributed by atoms with Crippen LogP contribution in [0.1, 0.15) is 25.7 Å². The van der Waals surface area contributed by atoms with Crippen LogP contribution in [-0.2, 0) is 9.53 Å². The molecule has 0 bridgehead atoms. The number of nitrogens with one attached hydrogen (secondary N) is 1. The molecule has 1 amide bonds. The molecule has 0 aromatic heterocycles. The van der Waals surface area contributed by atoms with Gasteiger partial charge in [-0.25, -0.2) is 0 Å². The zero-order valence-corrected chi connectivity index (χ0v) is 12.8. The highest BCUT2D eigenvalue weighted by Gasteiger charge is 2.26. The highest BCUT2D eigenvalue weighted by atomic mass is 16.5. The van der Waals surface area contributed by atoms with Crippen molar-refractivity contribution in [2.75, 3.05) is 26.6 Å². The van der Waals surface area contributed by atoms with Gasteiger partial charge in [0.15, 0.2) is 0 Å². The maximum absolute atomic E-state index is 12.4. The fourth-order valence-corrected chi connectivity index (χ4v) is 2.71. The number of hydrogen-bond donors (Lipinski definition) is 1. The fraction of sp³-hybridized carbons (Fsp3) is 0.562. The Hall–Kier alpha value is -1.75. The predicted molar refractivity (Wildman–Crippen MR) is 80.9 cm³/mol. The van der Waals surface area contributed by atoms with E-state index in [1.54, 1.807) is 39.5 Å². The Kier molecular flexibility index (Phi) is 5.44. The van der Waals surface area contributed by atoms with E-state index in [1.165, 1.54) is 0 Å². The molecule has 1 aromatic carbocycles. The van der Waals surface area contributed by atoms with Crippen molar-refractivity contribution in [1.29, 1.82) is 0 Å². The average molecular weight is 293 g/mol. The standard InChI is InChI=1S/C16H23NO4/c1-19-12-6-4-11(5-7-12)16(18)17-14-10-13(20-2)8-9-15(14)21-3/h8-12H,4-7H2,1-3H3,(H,17,18). The molecule has 5 nitrogen and oxygen atoms in total. The lowest BCUT2D eigenvalue weighted by atomic mass is 9.87. The third kappa shape index (κ3) is 3.88. The summed E-state index contributed by atoms with van der Waals surface area (Å²) < 4.78 is 15.8. The van der Waals surface area contributed by atoms with Crippen molar-refractivity contribution in [3.63, 3.8) is 0 Å². The van der Waals surface area contributed by atoms with Crippen LogP contribution in [0.25, 0.3) is 0 Å². The topological polar surface area (TPSA) is 56.8 Å². The second kappa shape index (κ2) is 7.31. The third-order valence-electron chi connectivity index (χ3n) is 4.04. The molecule has 0 heterocycles. The summed E-state index contributed by atoms with van der Waals surface area (Å²) in [6.07, 6.45) is 3.88. The molecule has 0 aliphatic heterocycles. The van der Waals surface area contributed by atoms with Crippen molar-refractivity contribution in [3.05, 3.63) is 18.2 Å². The molecule has 1 aromatic rings. The van der Waals surface area contributed by atoms with Crippen molar-refractivity contribution < 1.29 is 19.0 Å². The average Bonchev–Trinajstić information content (AvgIpc) is 2.54. The monoisotopic (exact) mass is 293 g/mol. The summed E-state index contributed by atoms with van der Waals surface area (Å²) in [5.41, 5.74) is 0.649. The van der Waals surface area contributed by atoms with E-state index in [2.05, 4.69) is 5.32 Å². The molecule has 5 heteroatoms. The van der Waals surface area contributed by atoms with Gasteiger partial charge in [0.1, 0.15) is 11.5 Å². The number of rotatable bonds is 5. The van der Waals surface area contributed by atoms with Gasteiger partial charge in [-0.05, 0) is 37.8 Å². The molecule has 0 spiro atoms. The minimum Gasteiger partial charge on any atom is -0.497 e. The molecule has 0 saturated heterocycles. The van der Waals surface area contributed by atoms with Crippen LogP contribution in [-0.4, -0.2) is 33.3 Å². The number of carbonyl (C=O) groups is 1. The minimum atomic E-state index is 0.0345. The summed E-state index contributed by atoms with van der Waals surface area (Å²) in [5, 5.41) is 2.95. The lowest BCUT2D eigenvalue weighted by Gasteiger charge is -2.27. The lowest BCUT2D eigenvalue weighted by molar-refractivity contribution is -0.121. The first kappa shape index (κ1) is 15.6. The maximum atomic E-state index is 12.4. The van der Waals surface area contributed by atoms with Crippen LogP contribution < -0.4 is 14.8 Å². The van der Waals surface area contributed by atoms with Crippen molar-refractivity contribution in [2.45, 2.75) is 31.8 Å². The zero-order valence-electron chi connectivity index (χ0n) is 12.8. The highest BCUT2D eigenvalue weighted by Crippen LogP contribution is 2.31. The van der Waals surface area contributed by atoms with E-state index in [0.29, 0.717) is 23.3 Å². The van der Waals surface area contributed by atoms with E-state index in [0.717, 1.165) is 25.7 Å². The van der Waals surface area contributed by atoms with Gasteiger partial charge in [0.25, 0.3) is 0 Å². The number of amides is 1. The molecule has 1 fully saturated rings. The van der Waals surface area contributed by atoms with Gasteiger partial charge in [0.2, 0.25) is 5.91 Å². The van der Waals surface area contributed by atoms with Crippen molar-refractivity contribution in [2.24, 2.45) is 5.92 Å². The van der Waals surface area contributed by atoms with Crippen LogP contribution in [0.2, 0.25) is 0 Å². The molecule has 2 rings (SSSR count). The molecule has 1 aliphatic carbocycles.